The molecular weight excluding hydrogens is 425 g/mol. The number of hydrogen-bond donors (Lipinski definition) is 2. The summed E-state index contributed by atoms with van der Waals surface area (Å²) in [5, 5.41) is 5.06. The van der Waals surface area contributed by atoms with Crippen LogP contribution in [-0.4, -0.2) is 43.4 Å². The van der Waals surface area contributed by atoms with E-state index in [0.717, 1.165) is 17.0 Å². The third-order valence-corrected chi connectivity index (χ3v) is 5.35. The second-order valence-corrected chi connectivity index (χ2v) is 7.62. The number of carbonyl (C=O) groups is 3. The lowest BCUT2D eigenvalue weighted by Gasteiger charge is -2.25. The molecule has 4 amide bonds. The summed E-state index contributed by atoms with van der Waals surface area (Å²) in [4.78, 5) is 40.6. The van der Waals surface area contributed by atoms with Crippen LogP contribution in [0.4, 0.5) is 29.3 Å². The van der Waals surface area contributed by atoms with Gasteiger partial charge in [0.1, 0.15) is 12.1 Å². The molecule has 1 heterocycles. The third kappa shape index (κ3) is 4.25. The molecule has 0 spiro atoms. The van der Waals surface area contributed by atoms with E-state index >= 15 is 0 Å². The van der Waals surface area contributed by atoms with E-state index in [1.807, 2.05) is 0 Å². The van der Waals surface area contributed by atoms with Gasteiger partial charge in [-0.25, -0.2) is 4.79 Å². The normalized spacial score (nSPS) is 18.5. The maximum Gasteiger partial charge on any atom is 0.416 e. The number of anilines is 2. The Morgan fingerprint density at radius 3 is 2.34 bits per heavy atom. The number of nitrogens with zero attached hydrogens (tertiary/aromatic N) is 2. The highest BCUT2D eigenvalue weighted by molar-refractivity contribution is 6.10. The molecule has 3 rings (SSSR count). The summed E-state index contributed by atoms with van der Waals surface area (Å²) in [6.07, 6.45) is -4.33. The molecule has 1 saturated heterocycles. The smallest absolute Gasteiger partial charge is 0.376 e. The van der Waals surface area contributed by atoms with Crippen LogP contribution in [0.15, 0.2) is 48.5 Å². The second kappa shape index (κ2) is 8.52. The number of imide groups is 1. The molecule has 1 aliphatic rings. The Balaban J connectivity index is 1.84. The number of amides is 4. The second-order valence-electron chi connectivity index (χ2n) is 7.62. The van der Waals surface area contributed by atoms with Crippen molar-refractivity contribution in [1.82, 2.24) is 10.2 Å². The lowest BCUT2D eigenvalue weighted by molar-refractivity contribution is -0.137. The van der Waals surface area contributed by atoms with Crippen molar-refractivity contribution in [2.45, 2.75) is 25.1 Å². The molecule has 0 aliphatic carbocycles. The fraction of sp³-hybridized carbons (Fsp3) is 0.318. The molecule has 0 bridgehead atoms. The Kier molecular flexibility index (Phi) is 6.16. The van der Waals surface area contributed by atoms with E-state index in [-0.39, 0.29) is 12.1 Å². The Labute approximate surface area is 183 Å². The van der Waals surface area contributed by atoms with Gasteiger partial charge in [-0.15, -0.1) is 0 Å². The highest BCUT2D eigenvalue weighted by atomic mass is 19.4. The average Bonchev–Trinajstić information content (AvgIpc) is 2.98. The summed E-state index contributed by atoms with van der Waals surface area (Å²) < 4.78 is 39.4. The molecule has 0 aromatic heterocycles. The molecule has 2 aromatic carbocycles. The minimum absolute atomic E-state index is 0.0771. The van der Waals surface area contributed by atoms with Crippen LogP contribution in [0.5, 0.6) is 0 Å². The lowest BCUT2D eigenvalue weighted by atomic mass is 9.87. The molecule has 10 heteroatoms. The van der Waals surface area contributed by atoms with Gasteiger partial charge in [0.2, 0.25) is 5.91 Å². The highest BCUT2D eigenvalue weighted by Gasteiger charge is 2.51. The van der Waals surface area contributed by atoms with Crippen molar-refractivity contribution in [1.29, 1.82) is 0 Å². The van der Waals surface area contributed by atoms with Crippen LogP contribution in [0, 0.1) is 0 Å². The highest BCUT2D eigenvalue weighted by Crippen LogP contribution is 2.35. The van der Waals surface area contributed by atoms with Gasteiger partial charge in [-0.1, -0.05) is 37.3 Å². The van der Waals surface area contributed by atoms with E-state index in [0.29, 0.717) is 11.3 Å². The van der Waals surface area contributed by atoms with Gasteiger partial charge in [-0.2, -0.15) is 13.2 Å². The fourth-order valence-electron chi connectivity index (χ4n) is 3.67. The van der Waals surface area contributed by atoms with Crippen molar-refractivity contribution in [3.05, 3.63) is 59.7 Å². The zero-order valence-corrected chi connectivity index (χ0v) is 17.8. The summed E-state index contributed by atoms with van der Waals surface area (Å²) in [6.45, 7) is 1.10. The Hall–Kier alpha value is -3.56. The molecule has 2 aromatic rings. The Morgan fingerprint density at radius 2 is 1.78 bits per heavy atom. The Bertz CT molecular complexity index is 1040. The number of urea groups is 1. The molecule has 7 nitrogen and oxygen atoms in total. The van der Waals surface area contributed by atoms with Gasteiger partial charge < -0.3 is 15.5 Å². The van der Waals surface area contributed by atoms with Crippen molar-refractivity contribution >= 4 is 29.2 Å². The quantitative estimate of drug-likeness (QED) is 0.662. The van der Waals surface area contributed by atoms with Crippen molar-refractivity contribution in [3.63, 3.8) is 0 Å². The van der Waals surface area contributed by atoms with E-state index in [4.69, 9.17) is 0 Å². The first-order valence-corrected chi connectivity index (χ1v) is 9.87. The molecule has 0 saturated carbocycles. The molecule has 1 fully saturated rings. The average molecular weight is 448 g/mol. The van der Waals surface area contributed by atoms with Crippen molar-refractivity contribution < 1.29 is 27.6 Å². The van der Waals surface area contributed by atoms with Crippen LogP contribution < -0.4 is 15.5 Å². The first-order valence-electron chi connectivity index (χ1n) is 9.87. The number of benzene rings is 2. The molecule has 32 heavy (non-hydrogen) atoms. The third-order valence-electron chi connectivity index (χ3n) is 5.35. The van der Waals surface area contributed by atoms with Crippen LogP contribution in [0.25, 0.3) is 0 Å². The van der Waals surface area contributed by atoms with Gasteiger partial charge in [0.25, 0.3) is 5.91 Å². The van der Waals surface area contributed by atoms with E-state index in [9.17, 15) is 27.6 Å². The summed E-state index contributed by atoms with van der Waals surface area (Å²) >= 11 is 0. The topological polar surface area (TPSA) is 81.8 Å². The van der Waals surface area contributed by atoms with Crippen LogP contribution in [-0.2, 0) is 21.3 Å². The van der Waals surface area contributed by atoms with Gasteiger partial charge in [0, 0.05) is 14.1 Å². The van der Waals surface area contributed by atoms with Gasteiger partial charge in [-0.3, -0.25) is 14.5 Å². The number of halogens is 3. The van der Waals surface area contributed by atoms with E-state index in [2.05, 4.69) is 10.6 Å². The first kappa shape index (κ1) is 23.1. The molecule has 170 valence electrons. The van der Waals surface area contributed by atoms with Crippen molar-refractivity contribution in [2.75, 3.05) is 30.9 Å². The van der Waals surface area contributed by atoms with Gasteiger partial charge >= 0.3 is 12.2 Å². The zero-order valence-electron chi connectivity index (χ0n) is 17.8. The summed E-state index contributed by atoms with van der Waals surface area (Å²) in [6, 6.07) is 10.9. The molecule has 1 unspecified atom stereocenters. The van der Waals surface area contributed by atoms with E-state index < -0.39 is 41.7 Å². The number of alkyl halides is 3. The SMILES string of the molecule is CCC1(c2ccccc2)NC(=O)N(CC(=O)Nc2cc(C(F)(F)F)ccc2N(C)C)C1=O. The monoisotopic (exact) mass is 448 g/mol. The Morgan fingerprint density at radius 1 is 1.12 bits per heavy atom. The van der Waals surface area contributed by atoms with Crippen molar-refractivity contribution in [3.8, 4) is 0 Å². The maximum absolute atomic E-state index is 13.1. The van der Waals surface area contributed by atoms with Gasteiger partial charge in [-0.05, 0) is 30.2 Å². The molecule has 0 radical (unpaired) electrons. The van der Waals surface area contributed by atoms with Crippen molar-refractivity contribution in [2.24, 2.45) is 0 Å². The minimum atomic E-state index is -4.59. The predicted molar refractivity (Wildman–Crippen MR) is 113 cm³/mol. The largest absolute Gasteiger partial charge is 0.416 e. The zero-order chi connectivity index (χ0) is 23.7. The van der Waals surface area contributed by atoms with Crippen LogP contribution in [0.2, 0.25) is 0 Å². The van der Waals surface area contributed by atoms with Crippen LogP contribution in [0.1, 0.15) is 24.5 Å². The first-order chi connectivity index (χ1) is 15.0. The molecule has 2 N–H and O–H groups in total. The summed E-state index contributed by atoms with van der Waals surface area (Å²) in [5.41, 5.74) is -1.38. The molecule has 1 atom stereocenters. The number of hydrogen-bond acceptors (Lipinski definition) is 4. The van der Waals surface area contributed by atoms with Gasteiger partial charge in [0.15, 0.2) is 0 Å². The fourth-order valence-corrected chi connectivity index (χ4v) is 3.67. The van der Waals surface area contributed by atoms with Crippen LogP contribution in [0.3, 0.4) is 0 Å². The number of carbonyl (C=O) groups excluding carboxylic acids is 3. The standard InChI is InChI=1S/C22H23F3N4O3/c1-4-21(14-8-6-5-7-9-14)19(31)29(20(32)27-21)13-18(30)26-16-12-15(22(23,24)25)10-11-17(16)28(2)3/h5-12H,4,13H2,1-3H3,(H,26,30)(H,27,32). The van der Waals surface area contributed by atoms with E-state index in [1.54, 1.807) is 56.3 Å². The number of nitrogens with one attached hydrogen (secondary N) is 2. The maximum atomic E-state index is 13.1. The summed E-state index contributed by atoms with van der Waals surface area (Å²) in [5.74, 6) is -1.39. The van der Waals surface area contributed by atoms with Crippen LogP contribution >= 0.6 is 0 Å². The molecular formula is C22H23F3N4O3. The molecule has 1 aliphatic heterocycles. The summed E-state index contributed by atoms with van der Waals surface area (Å²) in [7, 11) is 3.23. The predicted octanol–water partition coefficient (Wildman–Crippen LogP) is 3.57. The number of rotatable bonds is 6. The minimum Gasteiger partial charge on any atom is -0.376 e. The van der Waals surface area contributed by atoms with E-state index in [1.165, 1.54) is 6.07 Å². The van der Waals surface area contributed by atoms with Gasteiger partial charge in [0.05, 0.1) is 16.9 Å². The lowest BCUT2D eigenvalue weighted by Crippen LogP contribution is -2.44.